The maximum absolute atomic E-state index is 12.6. The van der Waals surface area contributed by atoms with Crippen LogP contribution in [-0.4, -0.2) is 72.2 Å². The second-order valence-electron chi connectivity index (χ2n) is 8.85. The first-order valence-corrected chi connectivity index (χ1v) is 11.3. The fraction of sp³-hybridized carbons (Fsp3) is 0.400. The van der Waals surface area contributed by atoms with E-state index in [1.54, 1.807) is 6.92 Å². The van der Waals surface area contributed by atoms with Gasteiger partial charge in [0, 0.05) is 58.4 Å². The highest BCUT2D eigenvalue weighted by atomic mass is 16.2. The van der Waals surface area contributed by atoms with Crippen LogP contribution in [0.25, 0.3) is 0 Å². The molecular weight excluding hydrogens is 418 g/mol. The van der Waals surface area contributed by atoms with Crippen LogP contribution in [0.1, 0.15) is 29.7 Å². The first-order chi connectivity index (χ1) is 15.9. The molecule has 0 radical (unpaired) electrons. The number of carbonyl (C=O) groups is 3. The predicted octanol–water partition coefficient (Wildman–Crippen LogP) is 1.59. The Kier molecular flexibility index (Phi) is 7.05. The third-order valence-electron chi connectivity index (χ3n) is 6.31. The SMILES string of the molecule is CC(=O)N1CCN(Cc2ccc(NC(=O)C(=O)NC3CN(C)Cc4ccccc43)cc2)CC1. The summed E-state index contributed by atoms with van der Waals surface area (Å²) < 4.78 is 0. The average Bonchev–Trinajstić information content (AvgIpc) is 2.80. The number of likely N-dealkylation sites (N-methyl/N-ethyl adjacent to an activating group) is 1. The minimum Gasteiger partial charge on any atom is -0.340 e. The highest BCUT2D eigenvalue weighted by Crippen LogP contribution is 2.25. The molecule has 1 unspecified atom stereocenters. The quantitative estimate of drug-likeness (QED) is 0.693. The van der Waals surface area contributed by atoms with Gasteiger partial charge < -0.3 is 15.5 Å². The summed E-state index contributed by atoms with van der Waals surface area (Å²) in [6.07, 6.45) is 0. The molecule has 0 spiro atoms. The fourth-order valence-corrected chi connectivity index (χ4v) is 4.49. The first kappa shape index (κ1) is 22.9. The lowest BCUT2D eigenvalue weighted by atomic mass is 9.95. The molecule has 4 rings (SSSR count). The van der Waals surface area contributed by atoms with Crippen molar-refractivity contribution in [3.05, 3.63) is 65.2 Å². The van der Waals surface area contributed by atoms with Crippen LogP contribution >= 0.6 is 0 Å². The highest BCUT2D eigenvalue weighted by Gasteiger charge is 2.26. The van der Waals surface area contributed by atoms with Crippen LogP contribution in [0.4, 0.5) is 5.69 Å². The molecule has 2 aliphatic rings. The topological polar surface area (TPSA) is 85.0 Å². The Hall–Kier alpha value is -3.23. The Morgan fingerprint density at radius 1 is 0.939 bits per heavy atom. The van der Waals surface area contributed by atoms with E-state index in [2.05, 4.69) is 26.5 Å². The second kappa shape index (κ2) is 10.1. The molecule has 8 heteroatoms. The predicted molar refractivity (Wildman–Crippen MR) is 126 cm³/mol. The highest BCUT2D eigenvalue weighted by molar-refractivity contribution is 6.39. The third kappa shape index (κ3) is 5.77. The number of amides is 3. The summed E-state index contributed by atoms with van der Waals surface area (Å²) in [5.41, 5.74) is 3.93. The summed E-state index contributed by atoms with van der Waals surface area (Å²) in [5, 5.41) is 5.57. The van der Waals surface area contributed by atoms with E-state index in [1.165, 1.54) is 0 Å². The number of piperazine rings is 1. The molecule has 0 bridgehead atoms. The number of hydrogen-bond donors (Lipinski definition) is 2. The number of rotatable bonds is 4. The van der Waals surface area contributed by atoms with Crippen LogP contribution in [-0.2, 0) is 27.5 Å². The van der Waals surface area contributed by atoms with Crippen molar-refractivity contribution < 1.29 is 14.4 Å². The molecule has 1 saturated heterocycles. The van der Waals surface area contributed by atoms with Gasteiger partial charge in [0.1, 0.15) is 0 Å². The molecule has 1 fully saturated rings. The van der Waals surface area contributed by atoms with E-state index in [0.29, 0.717) is 12.2 Å². The molecule has 3 amide bonds. The zero-order valence-corrected chi connectivity index (χ0v) is 19.2. The zero-order chi connectivity index (χ0) is 23.4. The summed E-state index contributed by atoms with van der Waals surface area (Å²) in [6.45, 7) is 7.07. The molecule has 2 aromatic rings. The number of anilines is 1. The van der Waals surface area contributed by atoms with Gasteiger partial charge in [0.25, 0.3) is 0 Å². The molecule has 8 nitrogen and oxygen atoms in total. The molecule has 0 aliphatic carbocycles. The molecule has 2 N–H and O–H groups in total. The van der Waals surface area contributed by atoms with Crippen LogP contribution in [0.15, 0.2) is 48.5 Å². The lowest BCUT2D eigenvalue weighted by Gasteiger charge is -2.34. The smallest absolute Gasteiger partial charge is 0.313 e. The summed E-state index contributed by atoms with van der Waals surface area (Å²) in [7, 11) is 2.00. The van der Waals surface area contributed by atoms with Crippen molar-refractivity contribution in [2.45, 2.75) is 26.1 Å². The molecule has 33 heavy (non-hydrogen) atoms. The molecule has 0 aromatic heterocycles. The van der Waals surface area contributed by atoms with Gasteiger partial charge in [-0.3, -0.25) is 24.2 Å². The normalized spacial score (nSPS) is 19.0. The van der Waals surface area contributed by atoms with Crippen molar-refractivity contribution >= 4 is 23.4 Å². The maximum Gasteiger partial charge on any atom is 0.313 e. The fourth-order valence-electron chi connectivity index (χ4n) is 4.49. The van der Waals surface area contributed by atoms with Crippen molar-refractivity contribution in [2.75, 3.05) is 45.1 Å². The van der Waals surface area contributed by atoms with Gasteiger partial charge >= 0.3 is 11.8 Å². The Morgan fingerprint density at radius 3 is 2.33 bits per heavy atom. The van der Waals surface area contributed by atoms with Gasteiger partial charge in [-0.2, -0.15) is 0 Å². The Balaban J connectivity index is 1.29. The molecule has 2 aromatic carbocycles. The van der Waals surface area contributed by atoms with Crippen molar-refractivity contribution in [3.8, 4) is 0 Å². The molecular formula is C25H31N5O3. The van der Waals surface area contributed by atoms with Gasteiger partial charge in [0.05, 0.1) is 6.04 Å². The number of fused-ring (bicyclic) bond motifs is 1. The number of nitrogens with zero attached hydrogens (tertiary/aromatic N) is 3. The summed E-state index contributed by atoms with van der Waals surface area (Å²) in [6, 6.07) is 15.3. The Labute approximate surface area is 194 Å². The lowest BCUT2D eigenvalue weighted by Crippen LogP contribution is -2.47. The number of nitrogens with one attached hydrogen (secondary N) is 2. The maximum atomic E-state index is 12.6. The van der Waals surface area contributed by atoms with Gasteiger partial charge in [-0.1, -0.05) is 36.4 Å². The minimum absolute atomic E-state index is 0.124. The monoisotopic (exact) mass is 449 g/mol. The van der Waals surface area contributed by atoms with Crippen molar-refractivity contribution in [1.82, 2.24) is 20.0 Å². The van der Waals surface area contributed by atoms with Gasteiger partial charge in [-0.05, 0) is 35.9 Å². The van der Waals surface area contributed by atoms with Crippen molar-refractivity contribution in [1.29, 1.82) is 0 Å². The van der Waals surface area contributed by atoms with E-state index in [4.69, 9.17) is 0 Å². The molecule has 2 heterocycles. The van der Waals surface area contributed by atoms with Gasteiger partial charge in [0.2, 0.25) is 5.91 Å². The second-order valence-corrected chi connectivity index (χ2v) is 8.85. The van der Waals surface area contributed by atoms with E-state index in [9.17, 15) is 14.4 Å². The van der Waals surface area contributed by atoms with E-state index >= 15 is 0 Å². The summed E-state index contributed by atoms with van der Waals surface area (Å²) in [5.74, 6) is -1.19. The van der Waals surface area contributed by atoms with Gasteiger partial charge in [0.15, 0.2) is 0 Å². The molecule has 2 aliphatic heterocycles. The van der Waals surface area contributed by atoms with Gasteiger partial charge in [-0.25, -0.2) is 0 Å². The average molecular weight is 450 g/mol. The lowest BCUT2D eigenvalue weighted by molar-refractivity contribution is -0.136. The number of benzene rings is 2. The Bertz CT molecular complexity index is 1010. The van der Waals surface area contributed by atoms with Crippen molar-refractivity contribution in [3.63, 3.8) is 0 Å². The summed E-state index contributed by atoms with van der Waals surface area (Å²) in [4.78, 5) is 42.8. The van der Waals surface area contributed by atoms with Gasteiger partial charge in [-0.15, -0.1) is 0 Å². The largest absolute Gasteiger partial charge is 0.340 e. The van der Waals surface area contributed by atoms with E-state index in [0.717, 1.165) is 56.0 Å². The van der Waals surface area contributed by atoms with Crippen LogP contribution in [0.5, 0.6) is 0 Å². The van der Waals surface area contributed by atoms with Crippen LogP contribution in [0.2, 0.25) is 0 Å². The summed E-state index contributed by atoms with van der Waals surface area (Å²) >= 11 is 0. The van der Waals surface area contributed by atoms with Crippen LogP contribution in [0, 0.1) is 0 Å². The first-order valence-electron chi connectivity index (χ1n) is 11.3. The van der Waals surface area contributed by atoms with E-state index < -0.39 is 11.8 Å². The molecule has 0 saturated carbocycles. The van der Waals surface area contributed by atoms with Crippen LogP contribution in [0.3, 0.4) is 0 Å². The standard InChI is InChI=1S/C25H31N5O3/c1-18(31)30-13-11-29(12-14-30)15-19-7-9-21(10-8-19)26-24(32)25(33)27-23-17-28(2)16-20-5-3-4-6-22(20)23/h3-10,23H,11-17H2,1-2H3,(H,26,32)(H,27,33). The van der Waals surface area contributed by atoms with E-state index in [1.807, 2.05) is 54.4 Å². The molecule has 174 valence electrons. The molecule has 1 atom stereocenters. The minimum atomic E-state index is -0.672. The van der Waals surface area contributed by atoms with E-state index in [-0.39, 0.29) is 11.9 Å². The zero-order valence-electron chi connectivity index (χ0n) is 19.2. The Morgan fingerprint density at radius 2 is 1.64 bits per heavy atom. The van der Waals surface area contributed by atoms with Crippen molar-refractivity contribution in [2.24, 2.45) is 0 Å². The number of carbonyl (C=O) groups excluding carboxylic acids is 3. The van der Waals surface area contributed by atoms with Crippen LogP contribution < -0.4 is 10.6 Å². The number of hydrogen-bond acceptors (Lipinski definition) is 5. The third-order valence-corrected chi connectivity index (χ3v) is 6.31.